The Hall–Kier alpha value is -3.97. The molecule has 2 heterocycles. The lowest BCUT2D eigenvalue weighted by atomic mass is 10.2. The molecule has 1 aliphatic heterocycles. The Morgan fingerprint density at radius 3 is 2.50 bits per heavy atom. The predicted octanol–water partition coefficient (Wildman–Crippen LogP) is 3.86. The fraction of sp³-hybridized carbons (Fsp3) is 0.240. The van der Waals surface area contributed by atoms with E-state index in [4.69, 9.17) is 9.57 Å². The largest absolute Gasteiger partial charge is 0.573 e. The summed E-state index contributed by atoms with van der Waals surface area (Å²) in [5.41, 5.74) is 4.33. The zero-order chi connectivity index (χ0) is 27.3. The lowest BCUT2D eigenvalue weighted by molar-refractivity contribution is -0.274. The standard InChI is InChI=1S/C25H24F3N3O6S/c1-38(33,34)13-3-12-35-22-5-2-4-18(14-22)15-30-16-20(8-11-24(30)32)31-17-23(37-29-31)19-6-9-21(10-7-19)36-25(26,27)28/h2,4-11,14,16-17,29H,3,12-13,15H2,1H3. The molecule has 0 fully saturated rings. The number of halogens is 3. The van der Waals surface area contributed by atoms with Crippen molar-refractivity contribution in [1.29, 1.82) is 0 Å². The summed E-state index contributed by atoms with van der Waals surface area (Å²) in [5.74, 6) is 0.605. The minimum absolute atomic E-state index is 0.0388. The molecule has 202 valence electrons. The normalized spacial score (nSPS) is 13.7. The van der Waals surface area contributed by atoms with Gasteiger partial charge in [-0.05, 0) is 54.4 Å². The van der Waals surface area contributed by atoms with E-state index in [0.29, 0.717) is 29.2 Å². The number of nitrogens with one attached hydrogen (secondary N) is 1. The second kappa shape index (κ2) is 11.2. The molecule has 0 saturated carbocycles. The molecule has 0 atom stereocenters. The van der Waals surface area contributed by atoms with Gasteiger partial charge in [-0.2, -0.15) is 0 Å². The van der Waals surface area contributed by atoms with Crippen LogP contribution in [0.3, 0.4) is 0 Å². The summed E-state index contributed by atoms with van der Waals surface area (Å²) < 4.78 is 70.6. The minimum Gasteiger partial charge on any atom is -0.494 e. The Morgan fingerprint density at radius 1 is 1.03 bits per heavy atom. The van der Waals surface area contributed by atoms with Crippen molar-refractivity contribution in [3.63, 3.8) is 0 Å². The number of sulfone groups is 1. The van der Waals surface area contributed by atoms with Crippen molar-refractivity contribution < 1.29 is 35.9 Å². The fourth-order valence-electron chi connectivity index (χ4n) is 3.58. The van der Waals surface area contributed by atoms with Gasteiger partial charge in [-0.1, -0.05) is 17.7 Å². The van der Waals surface area contributed by atoms with E-state index in [1.54, 1.807) is 36.7 Å². The van der Waals surface area contributed by atoms with E-state index in [2.05, 4.69) is 10.3 Å². The summed E-state index contributed by atoms with van der Waals surface area (Å²) in [6.45, 7) is 0.498. The minimum atomic E-state index is -4.78. The second-order valence-corrected chi connectivity index (χ2v) is 10.7. The van der Waals surface area contributed by atoms with Gasteiger partial charge in [-0.3, -0.25) is 4.79 Å². The zero-order valence-electron chi connectivity index (χ0n) is 20.1. The molecule has 0 spiro atoms. The van der Waals surface area contributed by atoms with Crippen molar-refractivity contribution in [2.45, 2.75) is 19.3 Å². The molecular weight excluding hydrogens is 527 g/mol. The Bertz CT molecular complexity index is 1470. The topological polar surface area (TPSA) is 99.1 Å². The summed E-state index contributed by atoms with van der Waals surface area (Å²) in [6.07, 6.45) is -0.0160. The molecule has 0 bridgehead atoms. The smallest absolute Gasteiger partial charge is 0.494 e. The van der Waals surface area contributed by atoms with Crippen LogP contribution >= 0.6 is 0 Å². The third kappa shape index (κ3) is 7.76. The number of aromatic nitrogens is 1. The number of pyridine rings is 1. The van der Waals surface area contributed by atoms with Gasteiger partial charge in [-0.25, -0.2) is 13.4 Å². The molecular formula is C25H24F3N3O6S. The Kier molecular flexibility index (Phi) is 7.97. The van der Waals surface area contributed by atoms with E-state index in [1.807, 2.05) is 6.07 Å². The third-order valence-electron chi connectivity index (χ3n) is 5.30. The Labute approximate surface area is 216 Å². The molecule has 1 aromatic heterocycles. The monoisotopic (exact) mass is 551 g/mol. The molecule has 2 aromatic carbocycles. The summed E-state index contributed by atoms with van der Waals surface area (Å²) in [4.78, 5) is 17.9. The molecule has 0 aliphatic carbocycles. The van der Waals surface area contributed by atoms with Gasteiger partial charge in [0.1, 0.15) is 21.3 Å². The lowest BCUT2D eigenvalue weighted by Gasteiger charge is -2.16. The first-order valence-electron chi connectivity index (χ1n) is 11.3. The number of ether oxygens (including phenoxy) is 2. The van der Waals surface area contributed by atoms with Gasteiger partial charge in [0, 0.05) is 24.1 Å². The predicted molar refractivity (Wildman–Crippen MR) is 134 cm³/mol. The van der Waals surface area contributed by atoms with Crippen molar-refractivity contribution in [3.8, 4) is 11.5 Å². The average molecular weight is 552 g/mol. The maximum absolute atomic E-state index is 12.5. The van der Waals surface area contributed by atoms with Crippen LogP contribution in [0.25, 0.3) is 5.76 Å². The number of hydrogen-bond acceptors (Lipinski definition) is 8. The first-order chi connectivity index (χ1) is 17.9. The summed E-state index contributed by atoms with van der Waals surface area (Å²) >= 11 is 0. The average Bonchev–Trinajstić information content (AvgIpc) is 3.33. The van der Waals surface area contributed by atoms with Crippen LogP contribution in [0.5, 0.6) is 11.5 Å². The maximum Gasteiger partial charge on any atom is 0.573 e. The van der Waals surface area contributed by atoms with Gasteiger partial charge in [0.05, 0.1) is 30.8 Å². The van der Waals surface area contributed by atoms with Crippen molar-refractivity contribution in [2.75, 3.05) is 23.6 Å². The molecule has 9 nitrogen and oxygen atoms in total. The number of anilines is 1. The molecule has 0 saturated heterocycles. The van der Waals surface area contributed by atoms with Crippen LogP contribution in [0.1, 0.15) is 17.5 Å². The molecule has 0 amide bonds. The van der Waals surface area contributed by atoms with Gasteiger partial charge in [-0.15, -0.1) is 13.2 Å². The van der Waals surface area contributed by atoms with Crippen LogP contribution in [0.2, 0.25) is 0 Å². The number of rotatable bonds is 10. The van der Waals surface area contributed by atoms with Crippen LogP contribution in [-0.2, 0) is 21.2 Å². The van der Waals surface area contributed by atoms with Crippen LogP contribution in [0.4, 0.5) is 18.9 Å². The quantitative estimate of drug-likeness (QED) is 0.380. The number of hydrazine groups is 1. The molecule has 3 aromatic rings. The van der Waals surface area contributed by atoms with Crippen LogP contribution < -0.4 is 25.6 Å². The zero-order valence-corrected chi connectivity index (χ0v) is 21.0. The fourth-order valence-corrected chi connectivity index (χ4v) is 4.22. The van der Waals surface area contributed by atoms with Crippen molar-refractivity contribution in [2.24, 2.45) is 0 Å². The second-order valence-electron chi connectivity index (χ2n) is 8.46. The number of nitrogens with zero attached hydrogens (tertiary/aromatic N) is 2. The van der Waals surface area contributed by atoms with Crippen LogP contribution in [0, 0.1) is 0 Å². The van der Waals surface area contributed by atoms with Crippen molar-refractivity contribution in [1.82, 2.24) is 10.2 Å². The van der Waals surface area contributed by atoms with E-state index in [1.165, 1.54) is 46.2 Å². The van der Waals surface area contributed by atoms with Gasteiger partial charge in [0.2, 0.25) is 0 Å². The van der Waals surface area contributed by atoms with Gasteiger partial charge in [0.15, 0.2) is 5.76 Å². The maximum atomic E-state index is 12.5. The third-order valence-corrected chi connectivity index (χ3v) is 6.33. The molecule has 1 aliphatic rings. The van der Waals surface area contributed by atoms with E-state index in [9.17, 15) is 26.4 Å². The lowest BCUT2D eigenvalue weighted by Crippen LogP contribution is -2.29. The number of alkyl halides is 3. The summed E-state index contributed by atoms with van der Waals surface area (Å²) in [5, 5.41) is 1.52. The van der Waals surface area contributed by atoms with Crippen molar-refractivity contribution in [3.05, 3.63) is 94.5 Å². The van der Waals surface area contributed by atoms with Gasteiger partial charge < -0.3 is 18.9 Å². The Morgan fingerprint density at radius 2 is 1.79 bits per heavy atom. The number of hydrogen-bond donors (Lipinski definition) is 1. The Balaban J connectivity index is 1.43. The molecule has 38 heavy (non-hydrogen) atoms. The molecule has 0 unspecified atom stereocenters. The summed E-state index contributed by atoms with van der Waals surface area (Å²) in [7, 11) is -3.05. The van der Waals surface area contributed by atoms with Gasteiger partial charge in [0.25, 0.3) is 5.56 Å². The van der Waals surface area contributed by atoms with E-state index in [0.717, 1.165) is 5.56 Å². The van der Waals surface area contributed by atoms with Crippen LogP contribution in [-0.4, -0.2) is 38.0 Å². The highest BCUT2D eigenvalue weighted by Crippen LogP contribution is 2.27. The molecule has 1 N–H and O–H groups in total. The van der Waals surface area contributed by atoms with E-state index < -0.39 is 16.2 Å². The van der Waals surface area contributed by atoms with Crippen molar-refractivity contribution >= 4 is 21.3 Å². The van der Waals surface area contributed by atoms with Gasteiger partial charge >= 0.3 is 6.36 Å². The molecule has 13 heteroatoms. The molecule has 0 radical (unpaired) electrons. The SMILES string of the molecule is CS(=O)(=O)CCCOc1cccc(Cn2cc(N3C=C(c4ccc(OC(F)(F)F)cc4)ON3)ccc2=O)c1. The highest BCUT2D eigenvalue weighted by atomic mass is 32.2. The highest BCUT2D eigenvalue weighted by molar-refractivity contribution is 7.90. The first kappa shape index (κ1) is 27.1. The van der Waals surface area contributed by atoms with Crippen LogP contribution in [0.15, 0.2) is 77.9 Å². The molecule has 4 rings (SSSR count). The first-order valence-corrected chi connectivity index (χ1v) is 13.4. The van der Waals surface area contributed by atoms with E-state index >= 15 is 0 Å². The van der Waals surface area contributed by atoms with E-state index in [-0.39, 0.29) is 30.2 Å². The summed E-state index contributed by atoms with van der Waals surface area (Å²) in [6, 6.07) is 15.4. The number of benzene rings is 2. The highest BCUT2D eigenvalue weighted by Gasteiger charge is 2.31.